The van der Waals surface area contributed by atoms with Gasteiger partial charge in [0.2, 0.25) is 0 Å². The molecule has 0 aromatic carbocycles. The van der Waals surface area contributed by atoms with Crippen LogP contribution in [0.2, 0.25) is 0 Å². The number of hydrogen-bond donors (Lipinski definition) is 1. The van der Waals surface area contributed by atoms with Crippen LogP contribution in [0.4, 0.5) is 0 Å². The molecule has 0 aromatic heterocycles. The normalized spacial score (nSPS) is 14.0. The van der Waals surface area contributed by atoms with E-state index in [-0.39, 0.29) is 10.0 Å². The van der Waals surface area contributed by atoms with E-state index >= 15 is 0 Å². The second kappa shape index (κ2) is 3.36. The van der Waals surface area contributed by atoms with Crippen LogP contribution in [-0.2, 0) is 0 Å². The molecule has 0 saturated heterocycles. The molecule has 0 saturated carbocycles. The van der Waals surface area contributed by atoms with Crippen LogP contribution < -0.4 is 5.32 Å². The first-order valence-corrected chi connectivity index (χ1v) is 5.95. The zero-order chi connectivity index (χ0) is 6.62. The molecule has 1 N–H and O–H groups in total. The molecule has 0 atom stereocenters. The van der Waals surface area contributed by atoms with E-state index in [0.717, 1.165) is 6.54 Å². The summed E-state index contributed by atoms with van der Waals surface area (Å²) in [5.41, 5.74) is 0. The van der Waals surface area contributed by atoms with Gasteiger partial charge in [-0.05, 0) is 25.3 Å². The lowest BCUT2D eigenvalue weighted by Gasteiger charge is -2.24. The van der Waals surface area contributed by atoms with E-state index in [1.165, 1.54) is 5.88 Å². The molecule has 0 rings (SSSR count). The lowest BCUT2D eigenvalue weighted by Crippen LogP contribution is -2.18. The Morgan fingerprint density at radius 3 is 1.88 bits per heavy atom. The van der Waals surface area contributed by atoms with Crippen LogP contribution >= 0.6 is 10.0 Å². The molecule has 52 valence electrons. The second-order valence-electron chi connectivity index (χ2n) is 2.84. The zero-order valence-corrected chi connectivity index (χ0v) is 7.14. The average molecular weight is 135 g/mol. The zero-order valence-electron chi connectivity index (χ0n) is 6.32. The molecular formula is C6H17NS. The highest BCUT2D eigenvalue weighted by molar-refractivity contribution is 8.32. The second-order valence-corrected chi connectivity index (χ2v) is 7.31. The third kappa shape index (κ3) is 6.31. The summed E-state index contributed by atoms with van der Waals surface area (Å²) in [4.78, 5) is 0. The van der Waals surface area contributed by atoms with Gasteiger partial charge < -0.3 is 5.32 Å². The van der Waals surface area contributed by atoms with E-state index in [2.05, 4.69) is 31.0 Å². The third-order valence-corrected chi connectivity index (χ3v) is 1.86. The highest BCUT2D eigenvalue weighted by Crippen LogP contribution is 2.31. The maximum absolute atomic E-state index is 3.33. The molecule has 8 heavy (non-hydrogen) atoms. The first kappa shape index (κ1) is 8.31. The predicted octanol–water partition coefficient (Wildman–Crippen LogP) is 1.25. The number of nitrogens with one attached hydrogen (secondary N) is 1. The third-order valence-electron chi connectivity index (χ3n) is 0.785. The van der Waals surface area contributed by atoms with Crippen molar-refractivity contribution in [1.82, 2.24) is 5.32 Å². The summed E-state index contributed by atoms with van der Waals surface area (Å²) in [5, 5.41) is 3.33. The van der Waals surface area contributed by atoms with E-state index in [9.17, 15) is 0 Å². The Labute approximate surface area is 54.2 Å². The Balaban J connectivity index is 3.11. The summed E-state index contributed by atoms with van der Waals surface area (Å²) in [7, 11) is -0.297. The fourth-order valence-corrected chi connectivity index (χ4v) is 1.22. The summed E-state index contributed by atoms with van der Waals surface area (Å²) >= 11 is 0. The van der Waals surface area contributed by atoms with Crippen molar-refractivity contribution in [1.29, 1.82) is 0 Å². The van der Waals surface area contributed by atoms with Crippen molar-refractivity contribution in [3.63, 3.8) is 0 Å². The average Bonchev–Trinajstić information content (AvgIpc) is 1.59. The van der Waals surface area contributed by atoms with Crippen LogP contribution in [0, 0.1) is 0 Å². The summed E-state index contributed by atoms with van der Waals surface area (Å²) < 4.78 is 0. The highest BCUT2D eigenvalue weighted by atomic mass is 32.3. The van der Waals surface area contributed by atoms with Crippen molar-refractivity contribution in [2.24, 2.45) is 0 Å². The molecule has 1 nitrogen and oxygen atoms in total. The summed E-state index contributed by atoms with van der Waals surface area (Å²) in [6.07, 6.45) is 6.95. The van der Waals surface area contributed by atoms with Gasteiger partial charge in [-0.1, -0.05) is 6.92 Å². The Morgan fingerprint density at radius 2 is 1.75 bits per heavy atom. The summed E-state index contributed by atoms with van der Waals surface area (Å²) in [6, 6.07) is 0. The molecule has 0 fully saturated rings. The maximum Gasteiger partial charge on any atom is 0.0255 e. The van der Waals surface area contributed by atoms with Crippen molar-refractivity contribution in [3.05, 3.63) is 0 Å². The van der Waals surface area contributed by atoms with Crippen LogP contribution in [-0.4, -0.2) is 31.2 Å². The largest absolute Gasteiger partial charge is 0.309 e. The molecular weight excluding hydrogens is 118 g/mol. The molecule has 2 heteroatoms. The molecule has 0 aliphatic rings. The minimum absolute atomic E-state index is 0.297. The quantitative estimate of drug-likeness (QED) is 0.614. The van der Waals surface area contributed by atoms with Gasteiger partial charge in [-0.3, -0.25) is 0 Å². The van der Waals surface area contributed by atoms with Crippen LogP contribution in [0.1, 0.15) is 6.92 Å². The van der Waals surface area contributed by atoms with Gasteiger partial charge in [0.25, 0.3) is 0 Å². The van der Waals surface area contributed by atoms with Gasteiger partial charge in [-0.25, -0.2) is 10.0 Å². The van der Waals surface area contributed by atoms with Crippen molar-refractivity contribution >= 4 is 10.0 Å². The monoisotopic (exact) mass is 135 g/mol. The number of hydrogen-bond acceptors (Lipinski definition) is 1. The van der Waals surface area contributed by atoms with E-state index < -0.39 is 0 Å². The fraction of sp³-hybridized carbons (Fsp3) is 1.00. The van der Waals surface area contributed by atoms with Crippen molar-refractivity contribution in [2.45, 2.75) is 6.92 Å². The van der Waals surface area contributed by atoms with Gasteiger partial charge in [0.05, 0.1) is 0 Å². The van der Waals surface area contributed by atoms with E-state index in [4.69, 9.17) is 0 Å². The van der Waals surface area contributed by atoms with Gasteiger partial charge in [0, 0.05) is 5.88 Å². The Bertz CT molecular complexity index is 56.0. The van der Waals surface area contributed by atoms with Crippen LogP contribution in [0.15, 0.2) is 0 Å². The molecule has 0 unspecified atom stereocenters. The molecule has 0 amide bonds. The molecule has 0 aromatic rings. The van der Waals surface area contributed by atoms with Crippen molar-refractivity contribution in [3.8, 4) is 0 Å². The number of rotatable bonds is 3. The van der Waals surface area contributed by atoms with Gasteiger partial charge in [0.15, 0.2) is 0 Å². The lowest BCUT2D eigenvalue weighted by molar-refractivity contribution is 0.836. The van der Waals surface area contributed by atoms with Crippen LogP contribution in [0.3, 0.4) is 0 Å². The SMILES string of the molecule is CCNCS(C)(C)C. The Morgan fingerprint density at radius 1 is 1.25 bits per heavy atom. The van der Waals surface area contributed by atoms with Gasteiger partial charge >= 0.3 is 0 Å². The molecule has 0 aliphatic carbocycles. The maximum atomic E-state index is 3.33. The minimum atomic E-state index is -0.297. The molecule has 0 heterocycles. The molecule has 0 radical (unpaired) electrons. The minimum Gasteiger partial charge on any atom is -0.309 e. The van der Waals surface area contributed by atoms with Crippen molar-refractivity contribution in [2.75, 3.05) is 31.2 Å². The molecule has 0 spiro atoms. The summed E-state index contributed by atoms with van der Waals surface area (Å²) in [5.74, 6) is 1.20. The molecule has 0 aliphatic heterocycles. The predicted molar refractivity (Wildman–Crippen MR) is 43.9 cm³/mol. The van der Waals surface area contributed by atoms with E-state index in [0.29, 0.717) is 0 Å². The first-order chi connectivity index (χ1) is 3.56. The van der Waals surface area contributed by atoms with Gasteiger partial charge in [-0.15, -0.1) is 0 Å². The van der Waals surface area contributed by atoms with Gasteiger partial charge in [0.1, 0.15) is 0 Å². The lowest BCUT2D eigenvalue weighted by atomic mass is 10.8. The van der Waals surface area contributed by atoms with E-state index in [1.54, 1.807) is 0 Å². The molecule has 0 bridgehead atoms. The Hall–Kier alpha value is 0.310. The topological polar surface area (TPSA) is 12.0 Å². The summed E-state index contributed by atoms with van der Waals surface area (Å²) in [6.45, 7) is 3.25. The standard InChI is InChI=1S/C6H17NS/c1-5-7-6-8(2,3)4/h7H,5-6H2,1-4H3. The fourth-order valence-electron chi connectivity index (χ4n) is 0.408. The highest BCUT2D eigenvalue weighted by Gasteiger charge is 1.99. The van der Waals surface area contributed by atoms with Crippen LogP contribution in [0.5, 0.6) is 0 Å². The van der Waals surface area contributed by atoms with Crippen LogP contribution in [0.25, 0.3) is 0 Å². The Kier molecular flexibility index (Phi) is 3.49. The van der Waals surface area contributed by atoms with E-state index in [1.807, 2.05) is 0 Å². The smallest absolute Gasteiger partial charge is 0.0255 e. The first-order valence-electron chi connectivity index (χ1n) is 2.93. The van der Waals surface area contributed by atoms with Gasteiger partial charge in [-0.2, -0.15) is 0 Å². The van der Waals surface area contributed by atoms with Crippen molar-refractivity contribution < 1.29 is 0 Å².